The molecule has 7 heteroatoms. The Balaban J connectivity index is 0. The number of hydrogen-bond donors (Lipinski definition) is 4. The predicted molar refractivity (Wildman–Crippen MR) is 79.4 cm³/mol. The highest BCUT2D eigenvalue weighted by Crippen LogP contribution is 2.11. The first-order valence-corrected chi connectivity index (χ1v) is 6.25. The van der Waals surface area contributed by atoms with E-state index in [1.54, 1.807) is 0 Å². The Kier molecular flexibility index (Phi) is 14.4. The fraction of sp³-hybridized carbons (Fsp3) is 0.429. The lowest BCUT2D eigenvalue weighted by atomic mass is 10.3. The van der Waals surface area contributed by atoms with Crippen LogP contribution < -0.4 is 4.90 Å². The maximum atomic E-state index is 9.00. The largest absolute Gasteiger partial charge is 0.481 e. The predicted octanol–water partition coefficient (Wildman–Crippen LogP) is 0.659. The van der Waals surface area contributed by atoms with Gasteiger partial charge in [-0.1, -0.05) is 18.2 Å². The summed E-state index contributed by atoms with van der Waals surface area (Å²) >= 11 is 0. The molecule has 0 amide bonds. The van der Waals surface area contributed by atoms with Crippen LogP contribution in [0.25, 0.3) is 0 Å². The smallest absolute Gasteiger partial charge is 0.300 e. The van der Waals surface area contributed by atoms with Crippen molar-refractivity contribution in [3.8, 4) is 0 Å². The van der Waals surface area contributed by atoms with Crippen LogP contribution in [-0.4, -0.2) is 58.7 Å². The first kappa shape index (κ1) is 21.2. The minimum Gasteiger partial charge on any atom is -0.481 e. The molecule has 0 heterocycles. The molecule has 0 unspecified atom stereocenters. The maximum Gasteiger partial charge on any atom is 0.300 e. The van der Waals surface area contributed by atoms with E-state index in [0.717, 1.165) is 19.5 Å². The average Bonchev–Trinajstić information content (AvgIpc) is 2.38. The van der Waals surface area contributed by atoms with Crippen molar-refractivity contribution in [1.82, 2.24) is 0 Å². The zero-order chi connectivity index (χ0) is 16.7. The lowest BCUT2D eigenvalue weighted by Gasteiger charge is -2.22. The second-order valence-corrected chi connectivity index (χ2v) is 3.81. The number of nitrogens with zero attached hydrogens (tertiary/aromatic N) is 1. The summed E-state index contributed by atoms with van der Waals surface area (Å²) in [5.74, 6) is -1.67. The highest BCUT2D eigenvalue weighted by atomic mass is 16.4. The number of carboxylic acids is 2. The summed E-state index contributed by atoms with van der Waals surface area (Å²) in [5.41, 5.74) is 1.03. The molecule has 120 valence electrons. The van der Waals surface area contributed by atoms with E-state index in [2.05, 4.69) is 0 Å². The van der Waals surface area contributed by atoms with Gasteiger partial charge in [0, 0.05) is 32.6 Å². The zero-order valence-corrected chi connectivity index (χ0v) is 12.3. The van der Waals surface area contributed by atoms with E-state index in [4.69, 9.17) is 30.0 Å². The van der Waals surface area contributed by atoms with Gasteiger partial charge in [0.25, 0.3) is 11.9 Å². The Morgan fingerprint density at radius 1 is 0.905 bits per heavy atom. The van der Waals surface area contributed by atoms with E-state index in [-0.39, 0.29) is 13.2 Å². The minimum absolute atomic E-state index is 0.106. The van der Waals surface area contributed by atoms with E-state index in [0.29, 0.717) is 13.1 Å². The van der Waals surface area contributed by atoms with Gasteiger partial charge >= 0.3 is 0 Å². The summed E-state index contributed by atoms with van der Waals surface area (Å²) in [6.45, 7) is 3.50. The first-order chi connectivity index (χ1) is 9.84. The Labute approximate surface area is 124 Å². The van der Waals surface area contributed by atoms with Crippen molar-refractivity contribution in [3.63, 3.8) is 0 Å². The van der Waals surface area contributed by atoms with Gasteiger partial charge < -0.3 is 25.3 Å². The summed E-state index contributed by atoms with van der Waals surface area (Å²) in [6, 6.07) is 9.75. The van der Waals surface area contributed by atoms with Gasteiger partial charge in [-0.05, 0) is 12.1 Å². The second-order valence-electron chi connectivity index (χ2n) is 3.81. The molecular formula is C14H23NO6. The molecule has 0 atom stereocenters. The summed E-state index contributed by atoms with van der Waals surface area (Å²) in [6.07, 6.45) is 0. The summed E-state index contributed by atoms with van der Waals surface area (Å²) in [4.78, 5) is 19.9. The van der Waals surface area contributed by atoms with Gasteiger partial charge in [-0.3, -0.25) is 9.59 Å². The van der Waals surface area contributed by atoms with Crippen LogP contribution in [0.4, 0.5) is 5.69 Å². The molecule has 0 spiro atoms. The third-order valence-electron chi connectivity index (χ3n) is 1.86. The molecule has 1 rings (SSSR count). The molecule has 21 heavy (non-hydrogen) atoms. The molecule has 1 aromatic carbocycles. The first-order valence-electron chi connectivity index (χ1n) is 6.25. The number of carbonyl (C=O) groups is 2. The van der Waals surface area contributed by atoms with Crippen molar-refractivity contribution in [3.05, 3.63) is 30.3 Å². The van der Waals surface area contributed by atoms with Gasteiger partial charge in [-0.2, -0.15) is 0 Å². The molecule has 0 radical (unpaired) electrons. The summed E-state index contributed by atoms with van der Waals surface area (Å²) in [5, 5.41) is 32.4. The third-order valence-corrected chi connectivity index (χ3v) is 1.86. The van der Waals surface area contributed by atoms with Crippen molar-refractivity contribution in [2.24, 2.45) is 0 Å². The molecule has 0 aliphatic heterocycles. The number of aliphatic hydroxyl groups excluding tert-OH is 2. The molecule has 0 aliphatic rings. The van der Waals surface area contributed by atoms with Gasteiger partial charge in [-0.15, -0.1) is 0 Å². The standard InChI is InChI=1S/C10H15NO2.2C2H4O2/c12-8-6-11(7-9-13)10-4-2-1-3-5-10;2*1-2(3)4/h1-5,12-13H,6-9H2;2*1H3,(H,3,4). The number of hydrogen-bond acceptors (Lipinski definition) is 5. The second kappa shape index (κ2) is 14.3. The molecule has 7 nitrogen and oxygen atoms in total. The van der Waals surface area contributed by atoms with E-state index in [1.165, 1.54) is 0 Å². The van der Waals surface area contributed by atoms with Gasteiger partial charge in [0.1, 0.15) is 0 Å². The Bertz CT molecular complexity index is 356. The summed E-state index contributed by atoms with van der Waals surface area (Å²) < 4.78 is 0. The van der Waals surface area contributed by atoms with Gasteiger partial charge in [-0.25, -0.2) is 0 Å². The minimum atomic E-state index is -0.833. The van der Waals surface area contributed by atoms with Crippen LogP contribution >= 0.6 is 0 Å². The maximum absolute atomic E-state index is 9.00. The molecule has 0 aliphatic carbocycles. The lowest BCUT2D eigenvalue weighted by Crippen LogP contribution is -2.29. The van der Waals surface area contributed by atoms with Crippen LogP contribution in [0.1, 0.15) is 13.8 Å². The van der Waals surface area contributed by atoms with Crippen LogP contribution in [-0.2, 0) is 9.59 Å². The average molecular weight is 301 g/mol. The number of anilines is 1. The monoisotopic (exact) mass is 301 g/mol. The zero-order valence-electron chi connectivity index (χ0n) is 12.3. The van der Waals surface area contributed by atoms with Crippen molar-refractivity contribution < 1.29 is 30.0 Å². The fourth-order valence-electron chi connectivity index (χ4n) is 1.25. The third kappa shape index (κ3) is 17.9. The van der Waals surface area contributed by atoms with Crippen LogP contribution in [0.5, 0.6) is 0 Å². The van der Waals surface area contributed by atoms with Crippen molar-refractivity contribution in [1.29, 1.82) is 0 Å². The van der Waals surface area contributed by atoms with Gasteiger partial charge in [0.15, 0.2) is 0 Å². The normalized spacial score (nSPS) is 8.57. The van der Waals surface area contributed by atoms with E-state index < -0.39 is 11.9 Å². The number of carboxylic acid groups (broad SMARTS) is 2. The van der Waals surface area contributed by atoms with Crippen LogP contribution in [0.15, 0.2) is 30.3 Å². The van der Waals surface area contributed by atoms with Crippen molar-refractivity contribution in [2.45, 2.75) is 13.8 Å². The topological polar surface area (TPSA) is 118 Å². The van der Waals surface area contributed by atoms with Crippen molar-refractivity contribution in [2.75, 3.05) is 31.2 Å². The number of para-hydroxylation sites is 1. The molecule has 0 saturated carbocycles. The van der Waals surface area contributed by atoms with E-state index in [9.17, 15) is 0 Å². The molecule has 4 N–H and O–H groups in total. The molecule has 0 aromatic heterocycles. The van der Waals surface area contributed by atoms with Gasteiger partial charge in [0.05, 0.1) is 13.2 Å². The van der Waals surface area contributed by atoms with Crippen LogP contribution in [0, 0.1) is 0 Å². The number of aliphatic carboxylic acids is 2. The Morgan fingerprint density at radius 2 is 1.24 bits per heavy atom. The molecular weight excluding hydrogens is 278 g/mol. The number of aliphatic hydroxyl groups is 2. The fourth-order valence-corrected chi connectivity index (χ4v) is 1.25. The lowest BCUT2D eigenvalue weighted by molar-refractivity contribution is -0.135. The molecule has 0 saturated heterocycles. The number of rotatable bonds is 5. The quantitative estimate of drug-likeness (QED) is 0.631. The van der Waals surface area contributed by atoms with Crippen molar-refractivity contribution >= 4 is 17.6 Å². The van der Waals surface area contributed by atoms with Crippen LogP contribution in [0.3, 0.4) is 0 Å². The van der Waals surface area contributed by atoms with Gasteiger partial charge in [0.2, 0.25) is 0 Å². The van der Waals surface area contributed by atoms with E-state index in [1.807, 2.05) is 35.2 Å². The highest BCUT2D eigenvalue weighted by Gasteiger charge is 2.02. The van der Waals surface area contributed by atoms with E-state index >= 15 is 0 Å². The Hall–Kier alpha value is -2.12. The molecule has 1 aromatic rings. The van der Waals surface area contributed by atoms with Crippen LogP contribution in [0.2, 0.25) is 0 Å². The molecule has 0 fully saturated rings. The SMILES string of the molecule is CC(=O)O.CC(=O)O.OCCN(CCO)c1ccccc1. The molecule has 0 bridgehead atoms. The number of benzene rings is 1. The highest BCUT2D eigenvalue weighted by molar-refractivity contribution is 5.63. The Morgan fingerprint density at radius 3 is 1.52 bits per heavy atom. The summed E-state index contributed by atoms with van der Waals surface area (Å²) in [7, 11) is 0.